The molecule has 0 aliphatic carbocycles. The molecule has 0 aliphatic rings. The van der Waals surface area contributed by atoms with Gasteiger partial charge in [-0.25, -0.2) is 9.97 Å². The van der Waals surface area contributed by atoms with Gasteiger partial charge in [-0.1, -0.05) is 23.7 Å². The molecule has 28 heavy (non-hydrogen) atoms. The molecule has 0 saturated heterocycles. The zero-order chi connectivity index (χ0) is 20.1. The van der Waals surface area contributed by atoms with E-state index in [4.69, 9.17) is 11.6 Å². The van der Waals surface area contributed by atoms with Crippen molar-refractivity contribution in [2.24, 2.45) is 0 Å². The average molecular weight is 396 g/mol. The summed E-state index contributed by atoms with van der Waals surface area (Å²) in [5.41, 5.74) is 3.03. The Morgan fingerprint density at radius 3 is 2.57 bits per heavy atom. The lowest BCUT2D eigenvalue weighted by atomic mass is 10.2. The first kappa shape index (κ1) is 19.3. The first-order chi connectivity index (χ1) is 13.4. The summed E-state index contributed by atoms with van der Waals surface area (Å²) in [6.07, 6.45) is 1.49. The van der Waals surface area contributed by atoms with Crippen molar-refractivity contribution in [3.05, 3.63) is 71.0 Å². The molecule has 0 fully saturated rings. The second-order valence-corrected chi connectivity index (χ2v) is 6.50. The number of carbonyl (C=O) groups excluding carboxylic acids is 2. The van der Waals surface area contributed by atoms with Crippen molar-refractivity contribution in [2.45, 2.75) is 13.8 Å². The summed E-state index contributed by atoms with van der Waals surface area (Å²) in [6, 6.07) is 13.9. The monoisotopic (exact) mass is 395 g/mol. The zero-order valence-corrected chi connectivity index (χ0v) is 16.0. The number of anilines is 4. The maximum Gasteiger partial charge on any atom is 0.274 e. The largest absolute Gasteiger partial charge is 0.326 e. The second-order valence-electron chi connectivity index (χ2n) is 6.07. The molecule has 0 atom stereocenters. The van der Waals surface area contributed by atoms with E-state index in [1.165, 1.54) is 19.2 Å². The van der Waals surface area contributed by atoms with Gasteiger partial charge in [0.2, 0.25) is 11.9 Å². The van der Waals surface area contributed by atoms with Crippen LogP contribution in [0.3, 0.4) is 0 Å². The van der Waals surface area contributed by atoms with Crippen molar-refractivity contribution in [3.63, 3.8) is 0 Å². The summed E-state index contributed by atoms with van der Waals surface area (Å²) in [7, 11) is 0. The van der Waals surface area contributed by atoms with Gasteiger partial charge in [0.05, 0.1) is 0 Å². The summed E-state index contributed by atoms with van der Waals surface area (Å²) in [5, 5.41) is 9.06. The normalized spacial score (nSPS) is 10.2. The second kappa shape index (κ2) is 8.49. The van der Waals surface area contributed by atoms with Crippen molar-refractivity contribution < 1.29 is 9.59 Å². The lowest BCUT2D eigenvalue weighted by Gasteiger charge is -2.10. The molecule has 142 valence electrons. The Morgan fingerprint density at radius 1 is 1.00 bits per heavy atom. The number of rotatable bonds is 5. The van der Waals surface area contributed by atoms with Gasteiger partial charge in [-0.05, 0) is 48.9 Å². The molecule has 2 amide bonds. The van der Waals surface area contributed by atoms with Gasteiger partial charge in [0.1, 0.15) is 5.69 Å². The fourth-order valence-corrected chi connectivity index (χ4v) is 2.64. The first-order valence-electron chi connectivity index (χ1n) is 8.46. The molecule has 0 bridgehead atoms. The quantitative estimate of drug-likeness (QED) is 0.595. The summed E-state index contributed by atoms with van der Waals surface area (Å²) in [5.74, 6) is -0.276. The maximum absolute atomic E-state index is 12.5. The van der Waals surface area contributed by atoms with Crippen LogP contribution in [0, 0.1) is 6.92 Å². The maximum atomic E-state index is 12.5. The SMILES string of the molecule is CC(=O)Nc1cccc(Nc2nccc(C(=O)Nc3cc(Cl)ccc3C)n2)c1. The summed E-state index contributed by atoms with van der Waals surface area (Å²) in [4.78, 5) is 32.1. The van der Waals surface area contributed by atoms with Crippen LogP contribution in [0.1, 0.15) is 23.0 Å². The van der Waals surface area contributed by atoms with Crippen molar-refractivity contribution >= 4 is 46.4 Å². The van der Waals surface area contributed by atoms with Crippen molar-refractivity contribution in [2.75, 3.05) is 16.0 Å². The fraction of sp³-hybridized carbons (Fsp3) is 0.100. The van der Waals surface area contributed by atoms with Crippen molar-refractivity contribution in [3.8, 4) is 0 Å². The first-order valence-corrected chi connectivity index (χ1v) is 8.84. The molecule has 7 nitrogen and oxygen atoms in total. The van der Waals surface area contributed by atoms with E-state index in [1.807, 2.05) is 13.0 Å². The van der Waals surface area contributed by atoms with Crippen LogP contribution >= 0.6 is 11.6 Å². The predicted octanol–water partition coefficient (Wildman–Crippen LogP) is 4.39. The lowest BCUT2D eigenvalue weighted by molar-refractivity contribution is -0.114. The molecule has 0 unspecified atom stereocenters. The van der Waals surface area contributed by atoms with Crippen LogP contribution in [0.4, 0.5) is 23.0 Å². The Bertz CT molecular complexity index is 1040. The molecule has 3 aromatic rings. The third-order valence-corrected chi connectivity index (χ3v) is 4.01. The number of nitrogens with one attached hydrogen (secondary N) is 3. The minimum absolute atomic E-state index is 0.164. The highest BCUT2D eigenvalue weighted by molar-refractivity contribution is 6.31. The molecule has 0 radical (unpaired) electrons. The Balaban J connectivity index is 1.76. The molecular weight excluding hydrogens is 378 g/mol. The molecular formula is C20H18ClN5O2. The van der Waals surface area contributed by atoms with Gasteiger partial charge < -0.3 is 16.0 Å². The standard InChI is InChI=1S/C20H18ClN5O2/c1-12-6-7-14(21)10-18(12)25-19(28)17-8-9-22-20(26-17)24-16-5-3-4-15(11-16)23-13(2)27/h3-11H,1-2H3,(H,23,27)(H,25,28)(H,22,24,26). The van der Waals surface area contributed by atoms with Crippen LogP contribution in [0.25, 0.3) is 0 Å². The van der Waals surface area contributed by atoms with Gasteiger partial charge in [-0.3, -0.25) is 9.59 Å². The molecule has 1 heterocycles. The fourth-order valence-electron chi connectivity index (χ4n) is 2.47. The molecule has 8 heteroatoms. The average Bonchev–Trinajstić information content (AvgIpc) is 2.64. The van der Waals surface area contributed by atoms with E-state index in [0.717, 1.165) is 5.56 Å². The molecule has 3 N–H and O–H groups in total. The number of aryl methyl sites for hydroxylation is 1. The van der Waals surface area contributed by atoms with Gasteiger partial charge >= 0.3 is 0 Å². The van der Waals surface area contributed by atoms with Gasteiger partial charge in [0.15, 0.2) is 0 Å². The summed E-state index contributed by atoms with van der Waals surface area (Å²) >= 11 is 5.99. The van der Waals surface area contributed by atoms with E-state index >= 15 is 0 Å². The zero-order valence-electron chi connectivity index (χ0n) is 15.3. The third kappa shape index (κ3) is 5.05. The van der Waals surface area contributed by atoms with E-state index in [-0.39, 0.29) is 23.5 Å². The number of hydrogen-bond acceptors (Lipinski definition) is 5. The number of amides is 2. The molecule has 3 rings (SSSR count). The van der Waals surface area contributed by atoms with E-state index in [1.54, 1.807) is 36.4 Å². The van der Waals surface area contributed by atoms with E-state index < -0.39 is 0 Å². The molecule has 0 aliphatic heterocycles. The van der Waals surface area contributed by atoms with E-state index in [0.29, 0.717) is 22.1 Å². The smallest absolute Gasteiger partial charge is 0.274 e. The van der Waals surface area contributed by atoms with E-state index in [2.05, 4.69) is 25.9 Å². The topological polar surface area (TPSA) is 96.0 Å². The van der Waals surface area contributed by atoms with Crippen molar-refractivity contribution in [1.82, 2.24) is 9.97 Å². The minimum Gasteiger partial charge on any atom is -0.326 e. The van der Waals surface area contributed by atoms with Gasteiger partial charge in [0.25, 0.3) is 5.91 Å². The third-order valence-electron chi connectivity index (χ3n) is 3.78. The Labute approximate surface area is 167 Å². The summed E-state index contributed by atoms with van der Waals surface area (Å²) in [6.45, 7) is 3.31. The van der Waals surface area contributed by atoms with Crippen LogP contribution in [0.15, 0.2) is 54.7 Å². The predicted molar refractivity (Wildman–Crippen MR) is 110 cm³/mol. The highest BCUT2D eigenvalue weighted by atomic mass is 35.5. The van der Waals surface area contributed by atoms with Gasteiger partial charge in [0, 0.05) is 35.2 Å². The number of carbonyl (C=O) groups is 2. The summed E-state index contributed by atoms with van der Waals surface area (Å²) < 4.78 is 0. The van der Waals surface area contributed by atoms with Crippen LogP contribution in [0.5, 0.6) is 0 Å². The van der Waals surface area contributed by atoms with Crippen LogP contribution in [-0.2, 0) is 4.79 Å². The highest BCUT2D eigenvalue weighted by Crippen LogP contribution is 2.21. The van der Waals surface area contributed by atoms with Crippen LogP contribution < -0.4 is 16.0 Å². The Kier molecular flexibility index (Phi) is 5.86. The number of nitrogens with zero attached hydrogens (tertiary/aromatic N) is 2. The molecule has 2 aromatic carbocycles. The number of hydrogen-bond donors (Lipinski definition) is 3. The minimum atomic E-state index is -0.372. The number of benzene rings is 2. The van der Waals surface area contributed by atoms with Crippen LogP contribution in [0.2, 0.25) is 5.02 Å². The number of halogens is 1. The molecule has 0 saturated carbocycles. The Morgan fingerprint density at radius 2 is 1.79 bits per heavy atom. The van der Waals surface area contributed by atoms with Gasteiger partial charge in [-0.2, -0.15) is 0 Å². The van der Waals surface area contributed by atoms with Crippen LogP contribution in [-0.4, -0.2) is 21.8 Å². The highest BCUT2D eigenvalue weighted by Gasteiger charge is 2.11. The van der Waals surface area contributed by atoms with E-state index in [9.17, 15) is 9.59 Å². The number of aromatic nitrogens is 2. The van der Waals surface area contributed by atoms with Gasteiger partial charge in [-0.15, -0.1) is 0 Å². The lowest BCUT2D eigenvalue weighted by Crippen LogP contribution is -2.15. The van der Waals surface area contributed by atoms with Crippen molar-refractivity contribution in [1.29, 1.82) is 0 Å². The molecule has 0 spiro atoms. The Hall–Kier alpha value is -3.45. The molecule has 1 aromatic heterocycles.